The lowest BCUT2D eigenvalue weighted by Gasteiger charge is -2.06. The molecule has 0 aliphatic rings. The third kappa shape index (κ3) is 2.15. The normalized spacial score (nSPS) is 10.6. The minimum Gasteiger partial charge on any atom is -0.616 e. The van der Waals surface area contributed by atoms with Crippen molar-refractivity contribution in [2.24, 2.45) is 0 Å². The van der Waals surface area contributed by atoms with Gasteiger partial charge in [-0.3, -0.25) is 0 Å². The largest absolute Gasteiger partial charge is 0.616 e. The van der Waals surface area contributed by atoms with Gasteiger partial charge in [0.15, 0.2) is 6.20 Å². The Morgan fingerprint density at radius 3 is 2.89 bits per heavy atom. The van der Waals surface area contributed by atoms with E-state index >= 15 is 0 Å². The maximum atomic E-state index is 13.3. The molecule has 0 unspecified atom stereocenters. The number of hydrogen-bond donors (Lipinski definition) is 0. The van der Waals surface area contributed by atoms with E-state index in [1.54, 1.807) is 12.1 Å². The van der Waals surface area contributed by atoms with Gasteiger partial charge in [0.25, 0.3) is 0 Å². The predicted octanol–water partition coefficient (Wildman–Crippen LogP) is 2.19. The molecule has 0 bridgehead atoms. The maximum absolute atomic E-state index is 13.3. The Balaban J connectivity index is 2.10. The first-order valence-corrected chi connectivity index (χ1v) is 5.50. The molecule has 0 amide bonds. The number of halogens is 1. The first kappa shape index (κ1) is 11.3. The van der Waals surface area contributed by atoms with E-state index in [1.165, 1.54) is 36.8 Å². The smallest absolute Gasteiger partial charge is 0.386 e. The molecule has 0 saturated heterocycles. The first-order chi connectivity index (χ1) is 9.24. The lowest BCUT2D eigenvalue weighted by molar-refractivity contribution is -0.611. The molecule has 0 N–H and O–H groups in total. The van der Waals surface area contributed by atoms with Gasteiger partial charge in [-0.15, -0.1) is 4.73 Å². The molecule has 0 spiro atoms. The monoisotopic (exact) mass is 257 g/mol. The van der Waals surface area contributed by atoms with Gasteiger partial charge in [0, 0.05) is 6.07 Å². The average molecular weight is 257 g/mol. The zero-order valence-corrected chi connectivity index (χ0v) is 9.65. The Bertz CT molecular complexity index is 749. The van der Waals surface area contributed by atoms with Crippen molar-refractivity contribution in [2.75, 3.05) is 0 Å². The average Bonchev–Trinajstić information content (AvgIpc) is 2.42. The summed E-state index contributed by atoms with van der Waals surface area (Å²) < 4.78 is 19.2. The summed E-state index contributed by atoms with van der Waals surface area (Å²) in [5.74, 6) is -0.220. The summed E-state index contributed by atoms with van der Waals surface area (Å²) in [5.41, 5.74) is 0.541. The molecule has 0 saturated carbocycles. The van der Waals surface area contributed by atoms with Crippen LogP contribution in [-0.4, -0.2) is 9.97 Å². The number of hydrogen-bond acceptors (Lipinski definition) is 4. The van der Waals surface area contributed by atoms with Gasteiger partial charge in [0.1, 0.15) is 12.1 Å². The van der Waals surface area contributed by atoms with Crippen LogP contribution in [-0.2, 0) is 0 Å². The molecule has 0 radical (unpaired) electrons. The van der Waals surface area contributed by atoms with E-state index in [0.717, 1.165) is 0 Å². The van der Waals surface area contributed by atoms with Gasteiger partial charge in [-0.05, 0) is 24.3 Å². The molecular formula is C13H8FN3O2. The molecule has 0 fully saturated rings. The molecule has 1 aromatic carbocycles. The second-order valence-corrected chi connectivity index (χ2v) is 3.81. The van der Waals surface area contributed by atoms with Crippen LogP contribution in [0.4, 0.5) is 4.39 Å². The van der Waals surface area contributed by atoms with Gasteiger partial charge in [-0.25, -0.2) is 14.4 Å². The fourth-order valence-electron chi connectivity index (χ4n) is 1.68. The highest BCUT2D eigenvalue weighted by Gasteiger charge is 2.11. The van der Waals surface area contributed by atoms with Gasteiger partial charge in [-0.1, -0.05) is 0 Å². The SMILES string of the molecule is [O-][n+]1ccccc1Oc1ncnc2ccc(F)cc12. The highest BCUT2D eigenvalue weighted by Crippen LogP contribution is 2.25. The summed E-state index contributed by atoms with van der Waals surface area (Å²) >= 11 is 0. The predicted molar refractivity (Wildman–Crippen MR) is 65.0 cm³/mol. The summed E-state index contributed by atoms with van der Waals surface area (Å²) in [6.07, 6.45) is 2.60. The summed E-state index contributed by atoms with van der Waals surface area (Å²) in [5, 5.41) is 11.9. The second kappa shape index (κ2) is 4.49. The van der Waals surface area contributed by atoms with Crippen molar-refractivity contribution >= 4 is 10.9 Å². The third-order valence-corrected chi connectivity index (χ3v) is 2.55. The molecule has 19 heavy (non-hydrogen) atoms. The third-order valence-electron chi connectivity index (χ3n) is 2.55. The quantitative estimate of drug-likeness (QED) is 0.521. The summed E-state index contributed by atoms with van der Waals surface area (Å²) in [6.45, 7) is 0. The van der Waals surface area contributed by atoms with Crippen LogP contribution in [0, 0.1) is 11.0 Å². The Kier molecular flexibility index (Phi) is 2.68. The number of nitrogens with zero attached hydrogens (tertiary/aromatic N) is 3. The van der Waals surface area contributed by atoms with Crippen molar-refractivity contribution in [3.63, 3.8) is 0 Å². The lowest BCUT2D eigenvalue weighted by Crippen LogP contribution is -2.26. The summed E-state index contributed by atoms with van der Waals surface area (Å²) in [6, 6.07) is 8.83. The van der Waals surface area contributed by atoms with Crippen molar-refractivity contribution in [1.29, 1.82) is 0 Å². The number of rotatable bonds is 2. The van der Waals surface area contributed by atoms with Crippen LogP contribution < -0.4 is 9.47 Å². The van der Waals surface area contributed by atoms with Gasteiger partial charge >= 0.3 is 5.88 Å². The van der Waals surface area contributed by atoms with Gasteiger partial charge < -0.3 is 9.94 Å². The highest BCUT2D eigenvalue weighted by molar-refractivity contribution is 5.83. The van der Waals surface area contributed by atoms with E-state index in [9.17, 15) is 9.60 Å². The van der Waals surface area contributed by atoms with Crippen molar-refractivity contribution in [2.45, 2.75) is 0 Å². The highest BCUT2D eigenvalue weighted by atomic mass is 19.1. The number of benzene rings is 1. The summed E-state index contributed by atoms with van der Waals surface area (Å²) in [4.78, 5) is 7.94. The zero-order chi connectivity index (χ0) is 13.2. The fourth-order valence-corrected chi connectivity index (χ4v) is 1.68. The topological polar surface area (TPSA) is 62.0 Å². The number of aromatic nitrogens is 3. The van der Waals surface area contributed by atoms with E-state index in [4.69, 9.17) is 4.74 Å². The Morgan fingerprint density at radius 2 is 2.05 bits per heavy atom. The van der Waals surface area contributed by atoms with E-state index in [1.807, 2.05) is 0 Å². The second-order valence-electron chi connectivity index (χ2n) is 3.81. The minimum atomic E-state index is -0.421. The van der Waals surface area contributed by atoms with Crippen LogP contribution in [0.1, 0.15) is 0 Å². The van der Waals surface area contributed by atoms with Crippen molar-refractivity contribution in [3.05, 3.63) is 59.9 Å². The van der Waals surface area contributed by atoms with Crippen LogP contribution in [0.5, 0.6) is 11.8 Å². The van der Waals surface area contributed by atoms with Crippen molar-refractivity contribution < 1.29 is 13.9 Å². The van der Waals surface area contributed by atoms with Crippen LogP contribution in [0.2, 0.25) is 0 Å². The van der Waals surface area contributed by atoms with E-state index in [2.05, 4.69) is 9.97 Å². The van der Waals surface area contributed by atoms with E-state index < -0.39 is 5.82 Å². The Morgan fingerprint density at radius 1 is 1.16 bits per heavy atom. The molecule has 0 aliphatic carbocycles. The zero-order valence-electron chi connectivity index (χ0n) is 9.65. The molecule has 5 nitrogen and oxygen atoms in total. The fraction of sp³-hybridized carbons (Fsp3) is 0. The van der Waals surface area contributed by atoms with Crippen LogP contribution in [0.25, 0.3) is 10.9 Å². The standard InChI is InChI=1S/C13H8FN3O2/c14-9-4-5-11-10(7-9)13(16-8-15-11)19-12-3-1-2-6-17(12)18/h1-8H. The van der Waals surface area contributed by atoms with E-state index in [0.29, 0.717) is 15.6 Å². The van der Waals surface area contributed by atoms with Crippen LogP contribution in [0.15, 0.2) is 48.9 Å². The molecule has 2 aromatic heterocycles. The molecule has 3 rings (SSSR count). The molecule has 6 heteroatoms. The van der Waals surface area contributed by atoms with Gasteiger partial charge in [-0.2, -0.15) is 0 Å². The number of pyridine rings is 1. The number of fused-ring (bicyclic) bond motifs is 1. The lowest BCUT2D eigenvalue weighted by atomic mass is 10.2. The molecule has 0 aliphatic heterocycles. The number of ether oxygens (including phenoxy) is 1. The first-order valence-electron chi connectivity index (χ1n) is 5.50. The molecule has 0 atom stereocenters. The minimum absolute atomic E-state index is 0.0618. The van der Waals surface area contributed by atoms with E-state index in [-0.39, 0.29) is 11.8 Å². The van der Waals surface area contributed by atoms with Crippen LogP contribution >= 0.6 is 0 Å². The Hall–Kier alpha value is -2.76. The summed E-state index contributed by atoms with van der Waals surface area (Å²) in [7, 11) is 0. The van der Waals surface area contributed by atoms with Crippen LogP contribution in [0.3, 0.4) is 0 Å². The molecule has 3 aromatic rings. The van der Waals surface area contributed by atoms with Crippen molar-refractivity contribution in [3.8, 4) is 11.8 Å². The van der Waals surface area contributed by atoms with Gasteiger partial charge in [0.05, 0.1) is 17.0 Å². The van der Waals surface area contributed by atoms with Crippen molar-refractivity contribution in [1.82, 2.24) is 9.97 Å². The maximum Gasteiger partial charge on any atom is 0.386 e. The Labute approximate surface area is 107 Å². The molecule has 94 valence electrons. The molecule has 2 heterocycles. The molecular weight excluding hydrogens is 249 g/mol. The van der Waals surface area contributed by atoms with Gasteiger partial charge in [0.2, 0.25) is 5.88 Å².